The largest absolute Gasteiger partial charge is 0.121 e. The highest BCUT2D eigenvalue weighted by Crippen LogP contribution is 2.30. The zero-order valence-electron chi connectivity index (χ0n) is 5.69. The summed E-state index contributed by atoms with van der Waals surface area (Å²) in [5, 5.41) is 0.276. The molecule has 1 aliphatic carbocycles. The summed E-state index contributed by atoms with van der Waals surface area (Å²) >= 11 is 15.6. The second-order valence-corrected chi connectivity index (χ2v) is 5.00. The van der Waals surface area contributed by atoms with Crippen molar-refractivity contribution in [2.45, 2.75) is 41.3 Å². The Bertz CT molecular complexity index is 95.8. The van der Waals surface area contributed by atoms with Gasteiger partial charge in [0.05, 0.1) is 10.8 Å². The van der Waals surface area contributed by atoms with Crippen molar-refractivity contribution in [1.29, 1.82) is 0 Å². The zero-order valence-corrected chi connectivity index (χ0v) is 8.79. The predicted molar refractivity (Wildman–Crippen MR) is 50.5 cm³/mol. The van der Waals surface area contributed by atoms with Crippen LogP contribution in [0, 0.1) is 0 Å². The first-order valence-corrected chi connectivity index (χ1v) is 5.43. The molecule has 3 heteroatoms. The van der Waals surface area contributed by atoms with Gasteiger partial charge in [0.2, 0.25) is 0 Å². The molecule has 3 unspecified atom stereocenters. The van der Waals surface area contributed by atoms with Crippen LogP contribution < -0.4 is 0 Å². The summed E-state index contributed by atoms with van der Waals surface area (Å²) in [6, 6.07) is 0. The first-order valence-electron chi connectivity index (χ1n) is 3.64. The van der Waals surface area contributed by atoms with Crippen molar-refractivity contribution in [2.75, 3.05) is 0 Å². The van der Waals surface area contributed by atoms with Gasteiger partial charge in [-0.25, -0.2) is 0 Å². The number of hydrogen-bond acceptors (Lipinski definition) is 0. The lowest BCUT2D eigenvalue weighted by Crippen LogP contribution is -2.22. The average Bonchev–Trinajstić information content (AvgIpc) is 2.04. The maximum absolute atomic E-state index is 6.04. The van der Waals surface area contributed by atoms with E-state index >= 15 is 0 Å². The Kier molecular flexibility index (Phi) is 3.82. The van der Waals surface area contributed by atoms with E-state index in [1.807, 2.05) is 0 Å². The molecule has 1 aliphatic rings. The smallest absolute Gasteiger partial charge is 0.0624 e. The molecule has 0 N–H and O–H groups in total. The molecule has 0 radical (unpaired) electrons. The molecule has 1 rings (SSSR count). The predicted octanol–water partition coefficient (Wildman–Crippen LogP) is 3.54. The molecular weight excluding hydrogens is 235 g/mol. The minimum atomic E-state index is 0.115. The van der Waals surface area contributed by atoms with Gasteiger partial charge < -0.3 is 0 Å². The monoisotopic (exact) mass is 244 g/mol. The normalized spacial score (nSPS) is 42.9. The quantitative estimate of drug-likeness (QED) is 0.453. The highest BCUT2D eigenvalue weighted by Gasteiger charge is 2.26. The van der Waals surface area contributed by atoms with Crippen molar-refractivity contribution in [2.24, 2.45) is 0 Å². The van der Waals surface area contributed by atoms with Gasteiger partial charge >= 0.3 is 0 Å². The summed E-state index contributed by atoms with van der Waals surface area (Å²) in [4.78, 5) is 0.416. The van der Waals surface area contributed by atoms with E-state index in [4.69, 9.17) is 23.2 Å². The summed E-state index contributed by atoms with van der Waals surface area (Å²) in [5.74, 6) is 0. The fraction of sp³-hybridized carbons (Fsp3) is 1.00. The fourth-order valence-electron chi connectivity index (χ4n) is 1.22. The van der Waals surface area contributed by atoms with Gasteiger partial charge in [0.25, 0.3) is 0 Å². The molecule has 0 nitrogen and oxygen atoms in total. The van der Waals surface area contributed by atoms with Crippen LogP contribution in [0.15, 0.2) is 0 Å². The first kappa shape index (κ1) is 9.15. The molecule has 1 fully saturated rings. The summed E-state index contributed by atoms with van der Waals surface area (Å²) in [7, 11) is 0. The Hall–Kier alpha value is 1.06. The minimum Gasteiger partial charge on any atom is -0.121 e. The van der Waals surface area contributed by atoms with Crippen LogP contribution in [-0.2, 0) is 0 Å². The van der Waals surface area contributed by atoms with Crippen LogP contribution in [0.4, 0.5) is 0 Å². The van der Waals surface area contributed by atoms with Crippen LogP contribution in [-0.4, -0.2) is 15.6 Å². The Morgan fingerprint density at radius 1 is 1.10 bits per heavy atom. The Morgan fingerprint density at radius 3 is 2.40 bits per heavy atom. The fourth-order valence-corrected chi connectivity index (χ4v) is 2.67. The lowest BCUT2D eigenvalue weighted by atomic mass is 10.2. The molecule has 60 valence electrons. The van der Waals surface area contributed by atoms with Crippen molar-refractivity contribution in [3.05, 3.63) is 0 Å². The SMILES string of the molecule is ClC1CCCCC(Br)C1Cl. The average molecular weight is 246 g/mol. The van der Waals surface area contributed by atoms with Gasteiger partial charge in [-0.05, 0) is 12.8 Å². The summed E-state index contributed by atoms with van der Waals surface area (Å²) in [6.07, 6.45) is 4.71. The van der Waals surface area contributed by atoms with Crippen molar-refractivity contribution in [1.82, 2.24) is 0 Å². The van der Waals surface area contributed by atoms with Crippen molar-refractivity contribution in [3.8, 4) is 0 Å². The highest BCUT2D eigenvalue weighted by atomic mass is 79.9. The van der Waals surface area contributed by atoms with Crippen LogP contribution >= 0.6 is 39.1 Å². The standard InChI is InChI=1S/C7H11BrCl2/c8-5-3-1-2-4-6(9)7(5)10/h5-7H,1-4H2. The topological polar surface area (TPSA) is 0 Å². The third-order valence-electron chi connectivity index (χ3n) is 1.90. The molecule has 0 aliphatic heterocycles. The molecule has 0 aromatic carbocycles. The van der Waals surface area contributed by atoms with Crippen LogP contribution in [0.25, 0.3) is 0 Å². The number of halogens is 3. The third kappa shape index (κ3) is 2.28. The van der Waals surface area contributed by atoms with Crippen LogP contribution in [0.3, 0.4) is 0 Å². The first-order chi connectivity index (χ1) is 4.72. The van der Waals surface area contributed by atoms with Crippen molar-refractivity contribution in [3.63, 3.8) is 0 Å². The van der Waals surface area contributed by atoms with E-state index in [0.29, 0.717) is 4.83 Å². The Morgan fingerprint density at radius 2 is 1.70 bits per heavy atom. The van der Waals surface area contributed by atoms with E-state index in [-0.39, 0.29) is 10.8 Å². The molecule has 0 saturated heterocycles. The second-order valence-electron chi connectivity index (χ2n) is 2.76. The molecular formula is C7H11BrCl2. The molecule has 0 amide bonds. The molecule has 0 spiro atoms. The van der Waals surface area contributed by atoms with Crippen LogP contribution in [0.2, 0.25) is 0 Å². The van der Waals surface area contributed by atoms with Gasteiger partial charge in [0.1, 0.15) is 0 Å². The van der Waals surface area contributed by atoms with Crippen molar-refractivity contribution < 1.29 is 0 Å². The van der Waals surface area contributed by atoms with E-state index < -0.39 is 0 Å². The van der Waals surface area contributed by atoms with E-state index in [2.05, 4.69) is 15.9 Å². The van der Waals surface area contributed by atoms with Gasteiger partial charge in [0.15, 0.2) is 0 Å². The molecule has 10 heavy (non-hydrogen) atoms. The second kappa shape index (κ2) is 4.18. The van der Waals surface area contributed by atoms with E-state index in [1.165, 1.54) is 12.8 Å². The maximum Gasteiger partial charge on any atom is 0.0624 e. The molecule has 0 bridgehead atoms. The van der Waals surface area contributed by atoms with Gasteiger partial charge in [-0.2, -0.15) is 0 Å². The van der Waals surface area contributed by atoms with Gasteiger partial charge in [-0.15, -0.1) is 23.2 Å². The zero-order chi connectivity index (χ0) is 7.56. The van der Waals surface area contributed by atoms with Crippen LogP contribution in [0.1, 0.15) is 25.7 Å². The minimum absolute atomic E-state index is 0.115. The maximum atomic E-state index is 6.04. The summed E-state index contributed by atoms with van der Waals surface area (Å²) in [6.45, 7) is 0. The third-order valence-corrected chi connectivity index (χ3v) is 4.46. The van der Waals surface area contributed by atoms with Crippen molar-refractivity contribution >= 4 is 39.1 Å². The van der Waals surface area contributed by atoms with Gasteiger partial charge in [0, 0.05) is 4.83 Å². The van der Waals surface area contributed by atoms with Gasteiger partial charge in [-0.3, -0.25) is 0 Å². The number of alkyl halides is 3. The number of rotatable bonds is 0. The summed E-state index contributed by atoms with van der Waals surface area (Å²) in [5.41, 5.74) is 0. The number of hydrogen-bond donors (Lipinski definition) is 0. The molecule has 0 aromatic heterocycles. The van der Waals surface area contributed by atoms with E-state index in [9.17, 15) is 0 Å². The Balaban J connectivity index is 2.46. The van der Waals surface area contributed by atoms with E-state index in [1.54, 1.807) is 0 Å². The lowest BCUT2D eigenvalue weighted by Gasteiger charge is -2.16. The van der Waals surface area contributed by atoms with Crippen LogP contribution in [0.5, 0.6) is 0 Å². The molecule has 0 heterocycles. The molecule has 0 aromatic rings. The van der Waals surface area contributed by atoms with E-state index in [0.717, 1.165) is 12.8 Å². The van der Waals surface area contributed by atoms with Gasteiger partial charge in [-0.1, -0.05) is 28.8 Å². The molecule has 3 atom stereocenters. The summed E-state index contributed by atoms with van der Waals surface area (Å²) < 4.78 is 0. The Labute approximate surface area is 80.4 Å². The molecule has 1 saturated carbocycles. The highest BCUT2D eigenvalue weighted by molar-refractivity contribution is 9.09. The lowest BCUT2D eigenvalue weighted by molar-refractivity contribution is 0.707.